The topological polar surface area (TPSA) is 94.1 Å². The van der Waals surface area contributed by atoms with Gasteiger partial charge < -0.3 is 10.6 Å². The molecular formula is C17H20FN5O2. The van der Waals surface area contributed by atoms with Crippen LogP contribution in [0.2, 0.25) is 0 Å². The summed E-state index contributed by atoms with van der Waals surface area (Å²) in [6.45, 7) is 4.35. The molecule has 132 valence electrons. The fourth-order valence-electron chi connectivity index (χ4n) is 3.05. The Balaban J connectivity index is 1.80. The maximum atomic E-state index is 13.4. The highest BCUT2D eigenvalue weighted by Gasteiger charge is 2.29. The summed E-state index contributed by atoms with van der Waals surface area (Å²) in [6, 6.07) is 4.61. The number of hydrogen-bond donors (Lipinski definition) is 1. The van der Waals surface area contributed by atoms with E-state index in [4.69, 9.17) is 5.73 Å². The molecule has 1 aromatic heterocycles. The van der Waals surface area contributed by atoms with Crippen LogP contribution in [0, 0.1) is 25.6 Å². The number of primary amides is 1. The highest BCUT2D eigenvalue weighted by Crippen LogP contribution is 2.21. The molecule has 8 heteroatoms. The van der Waals surface area contributed by atoms with Crippen molar-refractivity contribution in [3.05, 3.63) is 41.0 Å². The van der Waals surface area contributed by atoms with Gasteiger partial charge in [0.2, 0.25) is 5.91 Å². The molecular weight excluding hydrogens is 325 g/mol. The van der Waals surface area contributed by atoms with Crippen LogP contribution >= 0.6 is 0 Å². The van der Waals surface area contributed by atoms with E-state index in [-0.39, 0.29) is 29.2 Å². The lowest BCUT2D eigenvalue weighted by Crippen LogP contribution is -2.42. The molecule has 0 atom stereocenters. The molecule has 0 radical (unpaired) electrons. The number of nitrogens with zero attached hydrogens (tertiary/aromatic N) is 4. The zero-order valence-electron chi connectivity index (χ0n) is 14.2. The standard InChI is InChI=1S/C17H20FN5O2/c1-10-9-13(3-4-14(10)18)23-11(2)15(20-21-23)17(25)22-7-5-12(6-8-22)16(19)24/h3-4,9,12H,5-8H2,1-2H3,(H2,19,24). The summed E-state index contributed by atoms with van der Waals surface area (Å²) in [5.41, 5.74) is 7.32. The molecule has 1 aromatic carbocycles. The van der Waals surface area contributed by atoms with Crippen LogP contribution in [-0.2, 0) is 4.79 Å². The van der Waals surface area contributed by atoms with Crippen molar-refractivity contribution in [3.8, 4) is 5.69 Å². The molecule has 1 aliphatic rings. The van der Waals surface area contributed by atoms with Gasteiger partial charge in [-0.1, -0.05) is 5.21 Å². The van der Waals surface area contributed by atoms with E-state index in [0.29, 0.717) is 42.9 Å². The van der Waals surface area contributed by atoms with Crippen molar-refractivity contribution in [2.75, 3.05) is 13.1 Å². The lowest BCUT2D eigenvalue weighted by Gasteiger charge is -2.30. The Kier molecular flexibility index (Phi) is 4.52. The minimum atomic E-state index is -0.319. The molecule has 0 aliphatic carbocycles. The fourth-order valence-corrected chi connectivity index (χ4v) is 3.05. The number of carbonyl (C=O) groups is 2. The third kappa shape index (κ3) is 3.24. The van der Waals surface area contributed by atoms with Gasteiger partial charge in [-0.2, -0.15) is 0 Å². The van der Waals surface area contributed by atoms with Crippen LogP contribution in [0.3, 0.4) is 0 Å². The second-order valence-corrected chi connectivity index (χ2v) is 6.34. The first-order valence-corrected chi connectivity index (χ1v) is 8.16. The van der Waals surface area contributed by atoms with Crippen molar-refractivity contribution >= 4 is 11.8 Å². The van der Waals surface area contributed by atoms with Gasteiger partial charge in [-0.05, 0) is 50.5 Å². The van der Waals surface area contributed by atoms with E-state index in [2.05, 4.69) is 10.3 Å². The van der Waals surface area contributed by atoms with Gasteiger partial charge in [0.25, 0.3) is 5.91 Å². The van der Waals surface area contributed by atoms with Crippen molar-refractivity contribution in [2.24, 2.45) is 11.7 Å². The molecule has 25 heavy (non-hydrogen) atoms. The minimum absolute atomic E-state index is 0.178. The lowest BCUT2D eigenvalue weighted by molar-refractivity contribution is -0.123. The predicted molar refractivity (Wildman–Crippen MR) is 88.6 cm³/mol. The first-order valence-electron chi connectivity index (χ1n) is 8.16. The molecule has 0 unspecified atom stereocenters. The number of halogens is 1. The summed E-state index contributed by atoms with van der Waals surface area (Å²) in [4.78, 5) is 25.6. The Morgan fingerprint density at radius 1 is 1.24 bits per heavy atom. The first kappa shape index (κ1) is 17.1. The van der Waals surface area contributed by atoms with E-state index in [1.165, 1.54) is 10.7 Å². The van der Waals surface area contributed by atoms with Gasteiger partial charge in [0.1, 0.15) is 5.82 Å². The smallest absolute Gasteiger partial charge is 0.276 e. The quantitative estimate of drug-likeness (QED) is 0.909. The SMILES string of the molecule is Cc1cc(-n2nnc(C(=O)N3CCC(C(N)=O)CC3)c2C)ccc1F. The van der Waals surface area contributed by atoms with Crippen LogP contribution in [-0.4, -0.2) is 44.8 Å². The molecule has 0 saturated carbocycles. The van der Waals surface area contributed by atoms with E-state index in [1.54, 1.807) is 30.9 Å². The molecule has 0 bridgehead atoms. The number of nitrogens with two attached hydrogens (primary N) is 1. The molecule has 2 aromatic rings. The van der Waals surface area contributed by atoms with Gasteiger partial charge in [-0.25, -0.2) is 9.07 Å². The molecule has 1 saturated heterocycles. The van der Waals surface area contributed by atoms with Crippen LogP contribution in [0.5, 0.6) is 0 Å². The predicted octanol–water partition coefficient (Wildman–Crippen LogP) is 1.36. The van der Waals surface area contributed by atoms with Crippen LogP contribution in [0.25, 0.3) is 5.69 Å². The lowest BCUT2D eigenvalue weighted by atomic mass is 9.96. The Hall–Kier alpha value is -2.77. The number of aromatic nitrogens is 3. The Morgan fingerprint density at radius 3 is 2.52 bits per heavy atom. The molecule has 1 fully saturated rings. The van der Waals surface area contributed by atoms with Crippen LogP contribution in [0.4, 0.5) is 4.39 Å². The Labute approximate surface area is 144 Å². The van der Waals surface area contributed by atoms with Crippen molar-refractivity contribution in [3.63, 3.8) is 0 Å². The average Bonchev–Trinajstić information content (AvgIpc) is 2.98. The van der Waals surface area contributed by atoms with E-state index < -0.39 is 0 Å². The second kappa shape index (κ2) is 6.62. The van der Waals surface area contributed by atoms with Crippen LogP contribution < -0.4 is 5.73 Å². The highest BCUT2D eigenvalue weighted by atomic mass is 19.1. The molecule has 7 nitrogen and oxygen atoms in total. The van der Waals surface area contributed by atoms with Gasteiger partial charge >= 0.3 is 0 Å². The van der Waals surface area contributed by atoms with Crippen molar-refractivity contribution in [2.45, 2.75) is 26.7 Å². The number of carbonyl (C=O) groups excluding carboxylic acids is 2. The van der Waals surface area contributed by atoms with E-state index in [0.717, 1.165) is 0 Å². The van der Waals surface area contributed by atoms with E-state index in [9.17, 15) is 14.0 Å². The molecule has 2 amide bonds. The van der Waals surface area contributed by atoms with E-state index >= 15 is 0 Å². The van der Waals surface area contributed by atoms with Crippen molar-refractivity contribution in [1.82, 2.24) is 19.9 Å². The summed E-state index contributed by atoms with van der Waals surface area (Å²) < 4.78 is 15.0. The molecule has 2 N–H and O–H groups in total. The summed E-state index contributed by atoms with van der Waals surface area (Å²) in [5, 5.41) is 8.05. The fraction of sp³-hybridized carbons (Fsp3) is 0.412. The van der Waals surface area contributed by atoms with Gasteiger partial charge in [0.05, 0.1) is 11.4 Å². The molecule has 1 aliphatic heterocycles. The Bertz CT molecular complexity index is 824. The normalized spacial score (nSPS) is 15.4. The molecule has 0 spiro atoms. The molecule has 2 heterocycles. The van der Waals surface area contributed by atoms with E-state index in [1.807, 2.05) is 0 Å². The Morgan fingerprint density at radius 2 is 1.92 bits per heavy atom. The van der Waals surface area contributed by atoms with Crippen molar-refractivity contribution < 1.29 is 14.0 Å². The summed E-state index contributed by atoms with van der Waals surface area (Å²) in [7, 11) is 0. The van der Waals surface area contributed by atoms with Crippen LogP contribution in [0.1, 0.15) is 34.6 Å². The number of piperidine rings is 1. The number of hydrogen-bond acceptors (Lipinski definition) is 4. The van der Waals surface area contributed by atoms with Gasteiger partial charge in [-0.15, -0.1) is 5.10 Å². The summed E-state index contributed by atoms with van der Waals surface area (Å²) >= 11 is 0. The monoisotopic (exact) mass is 345 g/mol. The number of likely N-dealkylation sites (tertiary alicyclic amines) is 1. The average molecular weight is 345 g/mol. The summed E-state index contributed by atoms with van der Waals surface area (Å²) in [5.74, 6) is -1.01. The first-order chi connectivity index (χ1) is 11.9. The minimum Gasteiger partial charge on any atom is -0.369 e. The van der Waals surface area contributed by atoms with Gasteiger partial charge in [0, 0.05) is 19.0 Å². The highest BCUT2D eigenvalue weighted by molar-refractivity contribution is 5.93. The zero-order chi connectivity index (χ0) is 18.1. The third-order valence-electron chi connectivity index (χ3n) is 4.67. The number of amides is 2. The van der Waals surface area contributed by atoms with Gasteiger partial charge in [0.15, 0.2) is 5.69 Å². The largest absolute Gasteiger partial charge is 0.369 e. The number of rotatable bonds is 3. The summed E-state index contributed by atoms with van der Waals surface area (Å²) in [6.07, 6.45) is 1.12. The zero-order valence-corrected chi connectivity index (χ0v) is 14.2. The maximum absolute atomic E-state index is 13.4. The molecule has 3 rings (SSSR count). The van der Waals surface area contributed by atoms with Crippen LogP contribution in [0.15, 0.2) is 18.2 Å². The number of aryl methyl sites for hydroxylation is 1. The number of benzene rings is 1. The van der Waals surface area contributed by atoms with Crippen molar-refractivity contribution in [1.29, 1.82) is 0 Å². The third-order valence-corrected chi connectivity index (χ3v) is 4.67. The maximum Gasteiger partial charge on any atom is 0.276 e. The van der Waals surface area contributed by atoms with Gasteiger partial charge in [-0.3, -0.25) is 9.59 Å². The second-order valence-electron chi connectivity index (χ2n) is 6.34.